The lowest BCUT2D eigenvalue weighted by Gasteiger charge is -2.23. The number of nitrogens with one attached hydrogen (secondary N) is 1. The predicted octanol–water partition coefficient (Wildman–Crippen LogP) is 3.00. The number of hydrogen-bond donors (Lipinski definition) is 1. The SMILES string of the molecule is COc1ccccc1NC(=O)C1CCCN1C(=O)c1cccs1. The van der Waals surface area contributed by atoms with Crippen LogP contribution in [0.5, 0.6) is 5.75 Å². The molecule has 120 valence electrons. The topological polar surface area (TPSA) is 58.6 Å². The van der Waals surface area contributed by atoms with Gasteiger partial charge in [0.25, 0.3) is 5.91 Å². The number of amides is 2. The highest BCUT2D eigenvalue weighted by Gasteiger charge is 2.35. The van der Waals surface area contributed by atoms with Gasteiger partial charge in [-0.05, 0) is 36.4 Å². The van der Waals surface area contributed by atoms with Crippen LogP contribution in [0.4, 0.5) is 5.69 Å². The van der Waals surface area contributed by atoms with E-state index in [1.807, 2.05) is 23.6 Å². The number of rotatable bonds is 4. The van der Waals surface area contributed by atoms with Gasteiger partial charge in [0.05, 0.1) is 17.7 Å². The molecule has 0 aliphatic carbocycles. The number of ether oxygens (including phenoxy) is 1. The summed E-state index contributed by atoms with van der Waals surface area (Å²) in [4.78, 5) is 27.5. The Hall–Kier alpha value is -2.34. The van der Waals surface area contributed by atoms with Crippen LogP contribution in [-0.4, -0.2) is 36.4 Å². The number of nitrogens with zero attached hydrogens (tertiary/aromatic N) is 1. The predicted molar refractivity (Wildman–Crippen MR) is 90.0 cm³/mol. The fourth-order valence-electron chi connectivity index (χ4n) is 2.79. The summed E-state index contributed by atoms with van der Waals surface area (Å²) >= 11 is 1.40. The molecule has 0 saturated carbocycles. The van der Waals surface area contributed by atoms with E-state index in [0.29, 0.717) is 29.3 Å². The quantitative estimate of drug-likeness (QED) is 0.937. The molecule has 0 radical (unpaired) electrons. The van der Waals surface area contributed by atoms with Crippen molar-refractivity contribution in [3.63, 3.8) is 0 Å². The van der Waals surface area contributed by atoms with Gasteiger partial charge in [0.1, 0.15) is 11.8 Å². The van der Waals surface area contributed by atoms with Gasteiger partial charge in [0, 0.05) is 6.54 Å². The molecule has 1 aliphatic rings. The Kier molecular flexibility index (Phi) is 4.62. The lowest BCUT2D eigenvalue weighted by atomic mass is 10.2. The zero-order valence-electron chi connectivity index (χ0n) is 12.8. The molecule has 1 aromatic carbocycles. The molecule has 1 atom stereocenters. The highest BCUT2D eigenvalue weighted by atomic mass is 32.1. The first-order valence-electron chi connectivity index (χ1n) is 7.49. The largest absolute Gasteiger partial charge is 0.495 e. The van der Waals surface area contributed by atoms with Crippen LogP contribution in [0, 0.1) is 0 Å². The van der Waals surface area contributed by atoms with E-state index >= 15 is 0 Å². The average Bonchev–Trinajstić information content (AvgIpc) is 3.26. The Morgan fingerprint density at radius 3 is 2.83 bits per heavy atom. The summed E-state index contributed by atoms with van der Waals surface area (Å²) < 4.78 is 5.25. The number of anilines is 1. The van der Waals surface area contributed by atoms with Crippen LogP contribution in [0.25, 0.3) is 0 Å². The number of carbonyl (C=O) groups excluding carboxylic acids is 2. The molecule has 3 rings (SSSR count). The monoisotopic (exact) mass is 330 g/mol. The number of likely N-dealkylation sites (tertiary alicyclic amines) is 1. The first-order valence-corrected chi connectivity index (χ1v) is 8.37. The van der Waals surface area contributed by atoms with E-state index in [9.17, 15) is 9.59 Å². The fourth-order valence-corrected chi connectivity index (χ4v) is 3.47. The van der Waals surface area contributed by atoms with Crippen molar-refractivity contribution in [2.75, 3.05) is 19.0 Å². The zero-order chi connectivity index (χ0) is 16.2. The van der Waals surface area contributed by atoms with Gasteiger partial charge in [0.2, 0.25) is 5.91 Å². The second kappa shape index (κ2) is 6.83. The maximum absolute atomic E-state index is 12.6. The zero-order valence-corrected chi connectivity index (χ0v) is 13.6. The van der Waals surface area contributed by atoms with Gasteiger partial charge in [-0.15, -0.1) is 11.3 Å². The molecule has 5 nitrogen and oxygen atoms in total. The summed E-state index contributed by atoms with van der Waals surface area (Å²) in [5, 5.41) is 4.75. The van der Waals surface area contributed by atoms with Crippen molar-refractivity contribution >= 4 is 28.8 Å². The van der Waals surface area contributed by atoms with Gasteiger partial charge in [0.15, 0.2) is 0 Å². The highest BCUT2D eigenvalue weighted by molar-refractivity contribution is 7.12. The average molecular weight is 330 g/mol. The van der Waals surface area contributed by atoms with Gasteiger partial charge in [-0.1, -0.05) is 18.2 Å². The van der Waals surface area contributed by atoms with Crippen molar-refractivity contribution in [2.24, 2.45) is 0 Å². The van der Waals surface area contributed by atoms with Crippen LogP contribution in [0.15, 0.2) is 41.8 Å². The molecule has 6 heteroatoms. The third-order valence-electron chi connectivity index (χ3n) is 3.91. The molecule has 2 amide bonds. The molecular formula is C17H18N2O3S. The molecule has 1 saturated heterocycles. The molecule has 1 aliphatic heterocycles. The third kappa shape index (κ3) is 3.22. The van der Waals surface area contributed by atoms with E-state index in [0.717, 1.165) is 6.42 Å². The van der Waals surface area contributed by atoms with Crippen molar-refractivity contribution in [1.29, 1.82) is 0 Å². The third-order valence-corrected chi connectivity index (χ3v) is 4.77. The van der Waals surface area contributed by atoms with Gasteiger partial charge in [-0.3, -0.25) is 9.59 Å². The standard InChI is InChI=1S/C17H18N2O3S/c1-22-14-8-3-2-6-12(14)18-16(20)13-7-4-10-19(13)17(21)15-9-5-11-23-15/h2-3,5-6,8-9,11,13H,4,7,10H2,1H3,(H,18,20). The van der Waals surface area contributed by atoms with E-state index in [4.69, 9.17) is 4.74 Å². The number of benzene rings is 1. The summed E-state index contributed by atoms with van der Waals surface area (Å²) in [5.74, 6) is 0.365. The minimum atomic E-state index is -0.436. The summed E-state index contributed by atoms with van der Waals surface area (Å²) in [6.45, 7) is 0.612. The van der Waals surface area contributed by atoms with Crippen molar-refractivity contribution in [3.05, 3.63) is 46.7 Å². The van der Waals surface area contributed by atoms with Crippen LogP contribution in [-0.2, 0) is 4.79 Å². The van der Waals surface area contributed by atoms with E-state index in [1.165, 1.54) is 11.3 Å². The normalized spacial score (nSPS) is 17.1. The smallest absolute Gasteiger partial charge is 0.264 e. The molecule has 1 unspecified atom stereocenters. The van der Waals surface area contributed by atoms with Gasteiger partial charge >= 0.3 is 0 Å². The summed E-state index contributed by atoms with van der Waals surface area (Å²) in [7, 11) is 1.56. The highest BCUT2D eigenvalue weighted by Crippen LogP contribution is 2.26. The van der Waals surface area contributed by atoms with E-state index < -0.39 is 6.04 Å². The summed E-state index contributed by atoms with van der Waals surface area (Å²) in [6, 6.07) is 10.5. The first-order chi connectivity index (χ1) is 11.2. The molecule has 2 heterocycles. The molecule has 1 fully saturated rings. The summed E-state index contributed by atoms with van der Waals surface area (Å²) in [5.41, 5.74) is 0.621. The fraction of sp³-hybridized carbons (Fsp3) is 0.294. The van der Waals surface area contributed by atoms with Crippen LogP contribution in [0.1, 0.15) is 22.5 Å². The Morgan fingerprint density at radius 1 is 1.26 bits per heavy atom. The van der Waals surface area contributed by atoms with Crippen LogP contribution in [0.2, 0.25) is 0 Å². The molecule has 1 aromatic heterocycles. The van der Waals surface area contributed by atoms with Crippen molar-refractivity contribution < 1.29 is 14.3 Å². The van der Waals surface area contributed by atoms with Crippen molar-refractivity contribution in [3.8, 4) is 5.75 Å². The minimum Gasteiger partial charge on any atom is -0.495 e. The lowest BCUT2D eigenvalue weighted by Crippen LogP contribution is -2.43. The Morgan fingerprint density at radius 2 is 2.09 bits per heavy atom. The second-order valence-electron chi connectivity index (χ2n) is 5.32. The minimum absolute atomic E-state index is 0.0716. The number of methoxy groups -OCH3 is 1. The van der Waals surface area contributed by atoms with Crippen LogP contribution >= 0.6 is 11.3 Å². The molecule has 0 bridgehead atoms. The van der Waals surface area contributed by atoms with Crippen LogP contribution in [0.3, 0.4) is 0 Å². The van der Waals surface area contributed by atoms with E-state index in [-0.39, 0.29) is 11.8 Å². The molecule has 0 spiro atoms. The Labute approximate surface area is 138 Å². The number of hydrogen-bond acceptors (Lipinski definition) is 4. The molecular weight excluding hydrogens is 312 g/mol. The summed E-state index contributed by atoms with van der Waals surface area (Å²) in [6.07, 6.45) is 1.51. The number of thiophene rings is 1. The van der Waals surface area contributed by atoms with Gasteiger partial charge in [-0.25, -0.2) is 0 Å². The Bertz CT molecular complexity index is 700. The van der Waals surface area contributed by atoms with E-state index in [1.54, 1.807) is 30.2 Å². The van der Waals surface area contributed by atoms with Crippen molar-refractivity contribution in [1.82, 2.24) is 4.90 Å². The van der Waals surface area contributed by atoms with Gasteiger partial charge in [-0.2, -0.15) is 0 Å². The molecule has 2 aromatic rings. The van der Waals surface area contributed by atoms with Crippen molar-refractivity contribution in [2.45, 2.75) is 18.9 Å². The first kappa shape index (κ1) is 15.6. The molecule has 23 heavy (non-hydrogen) atoms. The van der Waals surface area contributed by atoms with Crippen LogP contribution < -0.4 is 10.1 Å². The number of carbonyl (C=O) groups is 2. The maximum atomic E-state index is 12.6. The van der Waals surface area contributed by atoms with E-state index in [2.05, 4.69) is 5.32 Å². The second-order valence-corrected chi connectivity index (χ2v) is 6.27. The number of para-hydroxylation sites is 2. The van der Waals surface area contributed by atoms with Gasteiger partial charge < -0.3 is 15.0 Å². The lowest BCUT2D eigenvalue weighted by molar-refractivity contribution is -0.119. The molecule has 1 N–H and O–H groups in total. The Balaban J connectivity index is 1.74. The maximum Gasteiger partial charge on any atom is 0.264 e.